The van der Waals surface area contributed by atoms with Crippen LogP contribution in [0, 0.1) is 0 Å². The fraction of sp³-hybridized carbons (Fsp3) is 0.667. The molecule has 1 aromatic rings. The summed E-state index contributed by atoms with van der Waals surface area (Å²) in [6, 6.07) is 0.0112. The molecule has 128 valence electrons. The van der Waals surface area contributed by atoms with Gasteiger partial charge in [-0.1, -0.05) is 11.6 Å². The average Bonchev–Trinajstić information content (AvgIpc) is 2.44. The van der Waals surface area contributed by atoms with Crippen molar-refractivity contribution in [3.8, 4) is 0 Å². The van der Waals surface area contributed by atoms with Crippen LogP contribution in [-0.2, 0) is 4.74 Å². The first-order chi connectivity index (χ1) is 10.7. The maximum absolute atomic E-state index is 12.3. The highest BCUT2D eigenvalue weighted by Gasteiger charge is 2.32. The van der Waals surface area contributed by atoms with Gasteiger partial charge >= 0.3 is 6.09 Å². The molecular formula is C15H24ClN5O2. The Labute approximate surface area is 142 Å². The Morgan fingerprint density at radius 1 is 1.39 bits per heavy atom. The zero-order chi connectivity index (χ0) is 17.2. The number of piperazine rings is 1. The minimum absolute atomic E-state index is 0.0112. The van der Waals surface area contributed by atoms with E-state index in [9.17, 15) is 4.79 Å². The zero-order valence-electron chi connectivity index (χ0n) is 14.3. The molecule has 0 spiro atoms. The second kappa shape index (κ2) is 6.78. The van der Waals surface area contributed by atoms with Crippen molar-refractivity contribution in [1.82, 2.24) is 14.9 Å². The van der Waals surface area contributed by atoms with Crippen molar-refractivity contribution in [3.63, 3.8) is 0 Å². The quantitative estimate of drug-likeness (QED) is 0.834. The lowest BCUT2D eigenvalue weighted by molar-refractivity contribution is 0.0158. The van der Waals surface area contributed by atoms with Crippen molar-refractivity contribution in [2.45, 2.75) is 39.3 Å². The molecule has 0 saturated carbocycles. The Kier molecular flexibility index (Phi) is 5.19. The maximum atomic E-state index is 12.3. The van der Waals surface area contributed by atoms with E-state index in [2.05, 4.69) is 20.2 Å². The standard InChI is InChI=1S/C15H24ClN5O2/c1-10-8-20(13-11(17-5)12(16)18-9-19-13)6-7-21(10)14(22)23-15(2,3)4/h9-10,17H,6-8H2,1-5H3/t10-/m1/s1. The van der Waals surface area contributed by atoms with Gasteiger partial charge in [-0.2, -0.15) is 0 Å². The molecule has 1 fully saturated rings. The first kappa shape index (κ1) is 17.6. The molecule has 0 aliphatic carbocycles. The molecule has 1 aromatic heterocycles. The van der Waals surface area contributed by atoms with Crippen molar-refractivity contribution in [2.75, 3.05) is 36.9 Å². The number of carbonyl (C=O) groups excluding carboxylic acids is 1. The maximum Gasteiger partial charge on any atom is 0.410 e. The number of nitrogens with zero attached hydrogens (tertiary/aromatic N) is 4. The van der Waals surface area contributed by atoms with Crippen molar-refractivity contribution in [1.29, 1.82) is 0 Å². The molecule has 2 heterocycles. The van der Waals surface area contributed by atoms with E-state index in [-0.39, 0.29) is 12.1 Å². The number of ether oxygens (including phenoxy) is 1. The number of hydrogen-bond acceptors (Lipinski definition) is 6. The molecule has 0 bridgehead atoms. The monoisotopic (exact) mass is 341 g/mol. The van der Waals surface area contributed by atoms with E-state index in [0.29, 0.717) is 30.5 Å². The molecule has 1 N–H and O–H groups in total. The van der Waals surface area contributed by atoms with Crippen LogP contribution in [0.25, 0.3) is 0 Å². The Morgan fingerprint density at radius 3 is 2.65 bits per heavy atom. The van der Waals surface area contributed by atoms with Crippen molar-refractivity contribution >= 4 is 29.2 Å². The van der Waals surface area contributed by atoms with Gasteiger partial charge in [0.2, 0.25) is 0 Å². The summed E-state index contributed by atoms with van der Waals surface area (Å²) < 4.78 is 5.46. The van der Waals surface area contributed by atoms with Gasteiger partial charge in [-0.05, 0) is 27.7 Å². The normalized spacial score (nSPS) is 18.8. The van der Waals surface area contributed by atoms with Crippen LogP contribution >= 0.6 is 11.6 Å². The largest absolute Gasteiger partial charge is 0.444 e. The third kappa shape index (κ3) is 4.16. The number of carbonyl (C=O) groups is 1. The number of anilines is 2. The smallest absolute Gasteiger partial charge is 0.410 e. The van der Waals surface area contributed by atoms with Crippen LogP contribution < -0.4 is 10.2 Å². The number of rotatable bonds is 2. The van der Waals surface area contributed by atoms with Crippen LogP contribution in [0.3, 0.4) is 0 Å². The molecule has 2 rings (SSSR count). The van der Waals surface area contributed by atoms with Crippen LogP contribution in [0.15, 0.2) is 6.33 Å². The number of hydrogen-bond donors (Lipinski definition) is 1. The van der Waals surface area contributed by atoms with Gasteiger partial charge in [-0.25, -0.2) is 14.8 Å². The predicted molar refractivity (Wildman–Crippen MR) is 91.2 cm³/mol. The second-order valence-electron chi connectivity index (χ2n) is 6.58. The molecule has 1 saturated heterocycles. The van der Waals surface area contributed by atoms with Crippen molar-refractivity contribution < 1.29 is 9.53 Å². The first-order valence-electron chi connectivity index (χ1n) is 7.65. The van der Waals surface area contributed by atoms with Crippen LogP contribution in [0.5, 0.6) is 0 Å². The molecule has 23 heavy (non-hydrogen) atoms. The zero-order valence-corrected chi connectivity index (χ0v) is 15.0. The summed E-state index contributed by atoms with van der Waals surface area (Å²) in [6.07, 6.45) is 1.17. The molecule has 1 aliphatic rings. The van der Waals surface area contributed by atoms with Crippen molar-refractivity contribution in [2.24, 2.45) is 0 Å². The summed E-state index contributed by atoms with van der Waals surface area (Å²) in [7, 11) is 1.79. The molecule has 0 aromatic carbocycles. The second-order valence-corrected chi connectivity index (χ2v) is 6.94. The van der Waals surface area contributed by atoms with E-state index < -0.39 is 5.60 Å². The van der Waals surface area contributed by atoms with Gasteiger partial charge in [-0.15, -0.1) is 0 Å². The summed E-state index contributed by atoms with van der Waals surface area (Å²) >= 11 is 6.11. The highest BCUT2D eigenvalue weighted by Crippen LogP contribution is 2.30. The van der Waals surface area contributed by atoms with E-state index in [1.165, 1.54) is 6.33 Å². The van der Waals surface area contributed by atoms with Gasteiger partial charge in [0.1, 0.15) is 17.6 Å². The van der Waals surface area contributed by atoms with Gasteiger partial charge in [0, 0.05) is 32.7 Å². The minimum Gasteiger partial charge on any atom is -0.444 e. The topological polar surface area (TPSA) is 70.6 Å². The molecular weight excluding hydrogens is 318 g/mol. The number of nitrogens with one attached hydrogen (secondary N) is 1. The van der Waals surface area contributed by atoms with Gasteiger partial charge < -0.3 is 19.9 Å². The summed E-state index contributed by atoms with van der Waals surface area (Å²) in [5.74, 6) is 0.753. The molecule has 0 radical (unpaired) electrons. The Hall–Kier alpha value is -1.76. The van der Waals surface area contributed by atoms with Gasteiger partial charge in [0.15, 0.2) is 11.0 Å². The Bertz CT molecular complexity index is 575. The van der Waals surface area contributed by atoms with E-state index >= 15 is 0 Å². The third-order valence-corrected chi connectivity index (χ3v) is 3.87. The third-order valence-electron chi connectivity index (χ3n) is 3.59. The molecule has 1 aliphatic heterocycles. The number of amides is 1. The fourth-order valence-corrected chi connectivity index (χ4v) is 2.77. The summed E-state index contributed by atoms with van der Waals surface area (Å²) in [4.78, 5) is 24.4. The Balaban J connectivity index is 2.10. The SMILES string of the molecule is CNc1c(Cl)ncnc1N1CCN(C(=O)OC(C)(C)C)[C@H](C)C1. The van der Waals surface area contributed by atoms with Gasteiger partial charge in [0.05, 0.1) is 0 Å². The summed E-state index contributed by atoms with van der Waals surface area (Å²) in [6.45, 7) is 9.49. The summed E-state index contributed by atoms with van der Waals surface area (Å²) in [5.41, 5.74) is 0.208. The number of aromatic nitrogens is 2. The van der Waals surface area contributed by atoms with Crippen LogP contribution in [0.4, 0.5) is 16.3 Å². The Morgan fingerprint density at radius 2 is 2.09 bits per heavy atom. The van der Waals surface area contributed by atoms with E-state index in [1.807, 2.05) is 27.7 Å². The molecule has 1 amide bonds. The van der Waals surface area contributed by atoms with Crippen LogP contribution in [-0.4, -0.2) is 59.3 Å². The molecule has 7 nitrogen and oxygen atoms in total. The lowest BCUT2D eigenvalue weighted by Gasteiger charge is -2.41. The minimum atomic E-state index is -0.493. The lowest BCUT2D eigenvalue weighted by atomic mass is 10.2. The van der Waals surface area contributed by atoms with Gasteiger partial charge in [-0.3, -0.25) is 0 Å². The highest BCUT2D eigenvalue weighted by molar-refractivity contribution is 6.32. The highest BCUT2D eigenvalue weighted by atomic mass is 35.5. The van der Waals surface area contributed by atoms with Crippen LogP contribution in [0.2, 0.25) is 5.15 Å². The van der Waals surface area contributed by atoms with Crippen molar-refractivity contribution in [3.05, 3.63) is 11.5 Å². The van der Waals surface area contributed by atoms with Gasteiger partial charge in [0.25, 0.3) is 0 Å². The van der Waals surface area contributed by atoms with Crippen LogP contribution in [0.1, 0.15) is 27.7 Å². The van der Waals surface area contributed by atoms with E-state index in [1.54, 1.807) is 11.9 Å². The average molecular weight is 342 g/mol. The summed E-state index contributed by atoms with van der Waals surface area (Å²) in [5, 5.41) is 3.43. The lowest BCUT2D eigenvalue weighted by Crippen LogP contribution is -2.55. The number of halogens is 1. The van der Waals surface area contributed by atoms with E-state index in [4.69, 9.17) is 16.3 Å². The molecule has 8 heteroatoms. The predicted octanol–water partition coefficient (Wildman–Crippen LogP) is 2.62. The molecule has 0 unspecified atom stereocenters. The molecule has 1 atom stereocenters. The first-order valence-corrected chi connectivity index (χ1v) is 8.03. The van der Waals surface area contributed by atoms with E-state index in [0.717, 1.165) is 5.82 Å². The fourth-order valence-electron chi connectivity index (χ4n) is 2.55.